The third kappa shape index (κ3) is 4.69. The van der Waals surface area contributed by atoms with Crippen LogP contribution >= 0.6 is 11.6 Å². The van der Waals surface area contributed by atoms with E-state index in [0.717, 1.165) is 35.7 Å². The number of halogens is 1. The molecule has 2 rings (SSSR count). The average Bonchev–Trinajstić information content (AvgIpc) is 2.94. The SMILES string of the molecule is Cc1ccc(NCCC(=O)NCC2CCCO2)cc1Cl. The number of nitrogens with one attached hydrogen (secondary N) is 2. The van der Waals surface area contributed by atoms with Gasteiger partial charge in [0.2, 0.25) is 5.91 Å². The summed E-state index contributed by atoms with van der Waals surface area (Å²) < 4.78 is 5.46. The fourth-order valence-electron chi connectivity index (χ4n) is 2.14. The smallest absolute Gasteiger partial charge is 0.221 e. The van der Waals surface area contributed by atoms with Crippen molar-refractivity contribution in [2.45, 2.75) is 32.3 Å². The number of benzene rings is 1. The molecule has 0 saturated carbocycles. The Morgan fingerprint density at radius 2 is 2.35 bits per heavy atom. The van der Waals surface area contributed by atoms with Gasteiger partial charge in [-0.1, -0.05) is 17.7 Å². The van der Waals surface area contributed by atoms with Gasteiger partial charge >= 0.3 is 0 Å². The van der Waals surface area contributed by atoms with Gasteiger partial charge in [0.05, 0.1) is 6.10 Å². The highest BCUT2D eigenvalue weighted by molar-refractivity contribution is 6.31. The summed E-state index contributed by atoms with van der Waals surface area (Å²) in [5.74, 6) is 0.0474. The van der Waals surface area contributed by atoms with E-state index in [-0.39, 0.29) is 12.0 Å². The topological polar surface area (TPSA) is 50.4 Å². The number of aryl methyl sites for hydroxylation is 1. The van der Waals surface area contributed by atoms with Crippen LogP contribution in [0.4, 0.5) is 5.69 Å². The molecule has 1 fully saturated rings. The summed E-state index contributed by atoms with van der Waals surface area (Å²) in [6, 6.07) is 5.80. The summed E-state index contributed by atoms with van der Waals surface area (Å²) in [6.45, 7) is 3.99. The van der Waals surface area contributed by atoms with E-state index >= 15 is 0 Å². The molecule has 0 spiro atoms. The highest BCUT2D eigenvalue weighted by atomic mass is 35.5. The van der Waals surface area contributed by atoms with Crippen LogP contribution in [0.3, 0.4) is 0 Å². The van der Waals surface area contributed by atoms with E-state index in [2.05, 4.69) is 10.6 Å². The Balaban J connectivity index is 1.64. The zero-order valence-corrected chi connectivity index (χ0v) is 12.5. The quantitative estimate of drug-likeness (QED) is 0.849. The molecule has 4 nitrogen and oxygen atoms in total. The van der Waals surface area contributed by atoms with Gasteiger partial charge in [-0.15, -0.1) is 0 Å². The zero-order chi connectivity index (χ0) is 14.4. The average molecular weight is 297 g/mol. The second kappa shape index (κ2) is 7.50. The summed E-state index contributed by atoms with van der Waals surface area (Å²) in [5, 5.41) is 6.83. The minimum Gasteiger partial charge on any atom is -0.384 e. The predicted octanol–water partition coefficient (Wildman–Crippen LogP) is 2.75. The van der Waals surface area contributed by atoms with Gasteiger partial charge in [-0.25, -0.2) is 0 Å². The lowest BCUT2D eigenvalue weighted by molar-refractivity contribution is -0.121. The Morgan fingerprint density at radius 1 is 1.50 bits per heavy atom. The first-order chi connectivity index (χ1) is 9.65. The molecule has 1 unspecified atom stereocenters. The van der Waals surface area contributed by atoms with Crippen LogP contribution in [0.5, 0.6) is 0 Å². The van der Waals surface area contributed by atoms with Crippen molar-refractivity contribution in [1.29, 1.82) is 0 Å². The first-order valence-corrected chi connectivity index (χ1v) is 7.41. The number of anilines is 1. The summed E-state index contributed by atoms with van der Waals surface area (Å²) >= 11 is 6.04. The molecule has 1 amide bonds. The number of carbonyl (C=O) groups is 1. The molecule has 1 atom stereocenters. The highest BCUT2D eigenvalue weighted by Gasteiger charge is 2.15. The van der Waals surface area contributed by atoms with Gasteiger partial charge in [-0.2, -0.15) is 0 Å². The Morgan fingerprint density at radius 3 is 3.05 bits per heavy atom. The first-order valence-electron chi connectivity index (χ1n) is 7.03. The third-order valence-corrected chi connectivity index (χ3v) is 3.81. The standard InChI is InChI=1S/C15H21ClN2O2/c1-11-4-5-12(9-14(11)16)17-7-6-15(19)18-10-13-3-2-8-20-13/h4-5,9,13,17H,2-3,6-8,10H2,1H3,(H,18,19). The van der Waals surface area contributed by atoms with Crippen LogP contribution in [0.1, 0.15) is 24.8 Å². The number of hydrogen-bond donors (Lipinski definition) is 2. The van der Waals surface area contributed by atoms with Crippen LogP contribution in [0.15, 0.2) is 18.2 Å². The molecule has 0 bridgehead atoms. The molecule has 1 aromatic carbocycles. The number of carbonyl (C=O) groups excluding carboxylic acids is 1. The second-order valence-corrected chi connectivity index (χ2v) is 5.49. The van der Waals surface area contributed by atoms with Crippen molar-refractivity contribution in [1.82, 2.24) is 5.32 Å². The van der Waals surface area contributed by atoms with Gasteiger partial charge in [-0.3, -0.25) is 4.79 Å². The second-order valence-electron chi connectivity index (χ2n) is 5.08. The van der Waals surface area contributed by atoms with E-state index in [9.17, 15) is 4.79 Å². The van der Waals surface area contributed by atoms with Crippen molar-refractivity contribution >= 4 is 23.2 Å². The predicted molar refractivity (Wildman–Crippen MR) is 81.3 cm³/mol. The highest BCUT2D eigenvalue weighted by Crippen LogP contribution is 2.19. The van der Waals surface area contributed by atoms with E-state index < -0.39 is 0 Å². The van der Waals surface area contributed by atoms with Crippen LogP contribution in [0, 0.1) is 6.92 Å². The fourth-order valence-corrected chi connectivity index (χ4v) is 2.33. The molecule has 1 aliphatic rings. The van der Waals surface area contributed by atoms with Gasteiger partial charge < -0.3 is 15.4 Å². The van der Waals surface area contributed by atoms with Crippen molar-refractivity contribution in [3.8, 4) is 0 Å². The third-order valence-electron chi connectivity index (χ3n) is 3.40. The lowest BCUT2D eigenvalue weighted by Gasteiger charge is -2.11. The van der Waals surface area contributed by atoms with Crippen molar-refractivity contribution in [3.63, 3.8) is 0 Å². The molecule has 5 heteroatoms. The molecular weight excluding hydrogens is 276 g/mol. The van der Waals surface area contributed by atoms with Crippen molar-refractivity contribution < 1.29 is 9.53 Å². The van der Waals surface area contributed by atoms with E-state index in [1.54, 1.807) is 0 Å². The van der Waals surface area contributed by atoms with Gasteiger partial charge in [-0.05, 0) is 37.5 Å². The molecule has 1 heterocycles. The summed E-state index contributed by atoms with van der Waals surface area (Å²) in [7, 11) is 0. The first kappa shape index (κ1) is 15.1. The normalized spacial score (nSPS) is 18.0. The summed E-state index contributed by atoms with van der Waals surface area (Å²) in [6.07, 6.45) is 2.78. The zero-order valence-electron chi connectivity index (χ0n) is 11.7. The van der Waals surface area contributed by atoms with Crippen LogP contribution < -0.4 is 10.6 Å². The molecular formula is C15H21ClN2O2. The number of rotatable bonds is 6. The fraction of sp³-hybridized carbons (Fsp3) is 0.533. The number of amides is 1. The van der Waals surface area contributed by atoms with Gasteiger partial charge in [0, 0.05) is 36.8 Å². The van der Waals surface area contributed by atoms with Crippen molar-refractivity contribution in [2.24, 2.45) is 0 Å². The van der Waals surface area contributed by atoms with E-state index in [1.807, 2.05) is 25.1 Å². The van der Waals surface area contributed by atoms with Gasteiger partial charge in [0.15, 0.2) is 0 Å². The van der Waals surface area contributed by atoms with E-state index in [1.165, 1.54) is 0 Å². The molecule has 2 N–H and O–H groups in total. The monoisotopic (exact) mass is 296 g/mol. The molecule has 1 aromatic rings. The largest absolute Gasteiger partial charge is 0.384 e. The molecule has 20 heavy (non-hydrogen) atoms. The van der Waals surface area contributed by atoms with Crippen LogP contribution in [0.2, 0.25) is 5.02 Å². The summed E-state index contributed by atoms with van der Waals surface area (Å²) in [4.78, 5) is 11.7. The van der Waals surface area contributed by atoms with Crippen molar-refractivity contribution in [2.75, 3.05) is 25.0 Å². The molecule has 0 aliphatic carbocycles. The maximum atomic E-state index is 11.7. The van der Waals surface area contributed by atoms with Crippen LogP contribution in [-0.2, 0) is 9.53 Å². The Kier molecular flexibility index (Phi) is 5.68. The van der Waals surface area contributed by atoms with E-state index in [4.69, 9.17) is 16.3 Å². The lowest BCUT2D eigenvalue weighted by atomic mass is 10.2. The Hall–Kier alpha value is -1.26. The molecule has 0 aromatic heterocycles. The van der Waals surface area contributed by atoms with Gasteiger partial charge in [0.1, 0.15) is 0 Å². The van der Waals surface area contributed by atoms with E-state index in [0.29, 0.717) is 19.5 Å². The number of hydrogen-bond acceptors (Lipinski definition) is 3. The minimum absolute atomic E-state index is 0.0474. The Bertz CT molecular complexity index is 459. The van der Waals surface area contributed by atoms with Crippen LogP contribution in [0.25, 0.3) is 0 Å². The maximum Gasteiger partial charge on any atom is 0.221 e. The van der Waals surface area contributed by atoms with Crippen molar-refractivity contribution in [3.05, 3.63) is 28.8 Å². The number of ether oxygens (including phenoxy) is 1. The van der Waals surface area contributed by atoms with Crippen LogP contribution in [-0.4, -0.2) is 31.7 Å². The molecule has 1 aliphatic heterocycles. The lowest BCUT2D eigenvalue weighted by Crippen LogP contribution is -2.32. The molecule has 110 valence electrons. The molecule has 0 radical (unpaired) electrons. The Labute approximate surface area is 124 Å². The molecule has 1 saturated heterocycles. The minimum atomic E-state index is 0.0474. The summed E-state index contributed by atoms with van der Waals surface area (Å²) in [5.41, 5.74) is 1.99. The maximum absolute atomic E-state index is 11.7. The van der Waals surface area contributed by atoms with Gasteiger partial charge in [0.25, 0.3) is 0 Å².